The molecular formula is C15H26O4S. The molecule has 0 bridgehead atoms. The highest BCUT2D eigenvalue weighted by Gasteiger charge is 2.24. The van der Waals surface area contributed by atoms with Crippen molar-refractivity contribution < 1.29 is 19.0 Å². The fraction of sp³-hybridized carbons (Fsp3) is 0.867. The first-order chi connectivity index (χ1) is 9.75. The molecule has 4 nitrogen and oxygen atoms in total. The van der Waals surface area contributed by atoms with Crippen LogP contribution in [-0.2, 0) is 19.0 Å². The van der Waals surface area contributed by atoms with Crippen molar-refractivity contribution in [2.24, 2.45) is 5.92 Å². The summed E-state index contributed by atoms with van der Waals surface area (Å²) in [6, 6.07) is 0. The van der Waals surface area contributed by atoms with Gasteiger partial charge in [0.25, 0.3) is 0 Å². The molecule has 1 aliphatic heterocycles. The lowest BCUT2D eigenvalue weighted by atomic mass is 10.0. The number of thiol groups is 1. The fourth-order valence-electron chi connectivity index (χ4n) is 2.66. The standard InChI is InChI=1S/C15H26O4S/c1-12(18-11-20-14-5-3-2-4-6-14)19-15(16)13-7-9-17-10-8-13/h11-14,20H,2-10H2,1H3. The molecule has 0 aromatic rings. The number of esters is 1. The number of rotatable bonds is 5. The summed E-state index contributed by atoms with van der Waals surface area (Å²) in [4.78, 5) is 11.9. The molecule has 116 valence electrons. The molecule has 5 heteroatoms. The number of ether oxygens (including phenoxy) is 3. The summed E-state index contributed by atoms with van der Waals surface area (Å²) in [5.74, 6) is -0.172. The van der Waals surface area contributed by atoms with E-state index in [0.29, 0.717) is 13.2 Å². The summed E-state index contributed by atoms with van der Waals surface area (Å²) in [7, 11) is 0. The molecule has 0 amide bonds. The van der Waals surface area contributed by atoms with E-state index in [0.717, 1.165) is 18.1 Å². The first-order valence-electron chi connectivity index (χ1n) is 7.71. The highest BCUT2D eigenvalue weighted by Crippen LogP contribution is 2.24. The van der Waals surface area contributed by atoms with Gasteiger partial charge in [-0.15, -0.1) is 0 Å². The van der Waals surface area contributed by atoms with Crippen molar-refractivity contribution in [2.75, 3.05) is 13.2 Å². The van der Waals surface area contributed by atoms with E-state index in [-0.39, 0.29) is 11.9 Å². The molecular weight excluding hydrogens is 276 g/mol. The summed E-state index contributed by atoms with van der Waals surface area (Å²) in [5.41, 5.74) is 1.80. The summed E-state index contributed by atoms with van der Waals surface area (Å²) in [6.45, 7) is 3.09. The molecule has 2 aliphatic rings. The summed E-state index contributed by atoms with van der Waals surface area (Å²) >= 11 is 1.22. The number of hydrogen-bond donors (Lipinski definition) is 1. The Labute approximate surface area is 125 Å². The maximum Gasteiger partial charge on any atom is 0.311 e. The molecule has 0 aromatic carbocycles. The maximum absolute atomic E-state index is 11.9. The van der Waals surface area contributed by atoms with Crippen LogP contribution in [0.2, 0.25) is 0 Å². The minimum Gasteiger partial charge on any atom is -0.435 e. The van der Waals surface area contributed by atoms with Crippen LogP contribution in [0.1, 0.15) is 51.9 Å². The molecule has 1 atom stereocenters. The third kappa shape index (κ3) is 5.54. The van der Waals surface area contributed by atoms with Crippen LogP contribution in [0.4, 0.5) is 0 Å². The predicted octanol–water partition coefficient (Wildman–Crippen LogP) is 2.88. The van der Waals surface area contributed by atoms with Crippen molar-refractivity contribution in [1.82, 2.24) is 0 Å². The monoisotopic (exact) mass is 302 g/mol. The van der Waals surface area contributed by atoms with Crippen molar-refractivity contribution in [2.45, 2.75) is 63.4 Å². The van der Waals surface area contributed by atoms with Gasteiger partial charge in [0.1, 0.15) is 0 Å². The van der Waals surface area contributed by atoms with E-state index in [2.05, 4.69) is 0 Å². The van der Waals surface area contributed by atoms with Crippen molar-refractivity contribution in [1.29, 1.82) is 0 Å². The van der Waals surface area contributed by atoms with Gasteiger partial charge < -0.3 is 14.2 Å². The van der Waals surface area contributed by atoms with Gasteiger partial charge in [0.2, 0.25) is 6.29 Å². The lowest BCUT2D eigenvalue weighted by Crippen LogP contribution is -2.28. The molecule has 0 radical (unpaired) electrons. The Morgan fingerprint density at radius 3 is 2.60 bits per heavy atom. The maximum atomic E-state index is 11.9. The second-order valence-corrected chi connectivity index (χ2v) is 6.81. The Kier molecular flexibility index (Phi) is 7.03. The van der Waals surface area contributed by atoms with Gasteiger partial charge in [-0.05, 0) is 37.9 Å². The second kappa shape index (κ2) is 8.80. The molecule has 1 aliphatic carbocycles. The van der Waals surface area contributed by atoms with E-state index in [1.807, 2.05) is 0 Å². The van der Waals surface area contributed by atoms with Gasteiger partial charge in [0.15, 0.2) is 0 Å². The summed E-state index contributed by atoms with van der Waals surface area (Å²) in [5, 5.41) is 0.724. The zero-order chi connectivity index (χ0) is 14.2. The molecule has 0 aromatic heterocycles. The van der Waals surface area contributed by atoms with E-state index in [1.54, 1.807) is 12.5 Å². The third-order valence-electron chi connectivity index (χ3n) is 3.94. The molecule has 0 spiro atoms. The van der Waals surface area contributed by atoms with E-state index in [1.165, 1.54) is 43.5 Å². The summed E-state index contributed by atoms with van der Waals surface area (Å²) in [6.07, 6.45) is 7.65. The number of carbonyl (C=O) groups is 1. The Bertz CT molecular complexity index is 320. The van der Waals surface area contributed by atoms with Crippen molar-refractivity contribution in [3.8, 4) is 0 Å². The fourth-order valence-corrected chi connectivity index (χ4v) is 3.73. The Morgan fingerprint density at radius 1 is 1.20 bits per heavy atom. The zero-order valence-electron chi connectivity index (χ0n) is 12.3. The predicted molar refractivity (Wildman–Crippen MR) is 82.1 cm³/mol. The van der Waals surface area contributed by atoms with Crippen LogP contribution in [0.5, 0.6) is 0 Å². The quantitative estimate of drug-likeness (QED) is 0.367. The van der Waals surface area contributed by atoms with Gasteiger partial charge in [-0.25, -0.2) is 0 Å². The topological polar surface area (TPSA) is 44.8 Å². The number of hydrogen-bond acceptors (Lipinski definition) is 4. The van der Waals surface area contributed by atoms with Gasteiger partial charge in [0, 0.05) is 13.2 Å². The van der Waals surface area contributed by atoms with E-state index in [9.17, 15) is 4.79 Å². The summed E-state index contributed by atoms with van der Waals surface area (Å²) < 4.78 is 16.1. The molecule has 1 saturated heterocycles. The van der Waals surface area contributed by atoms with Gasteiger partial charge >= 0.3 is 5.97 Å². The molecule has 1 saturated carbocycles. The highest BCUT2D eigenvalue weighted by atomic mass is 32.1. The van der Waals surface area contributed by atoms with E-state index in [4.69, 9.17) is 14.2 Å². The SMILES string of the molecule is CC(OC=[SH]C1CCCCC1)OC(=O)C1CCOCC1. The van der Waals surface area contributed by atoms with Crippen LogP contribution >= 0.6 is 11.4 Å². The molecule has 1 unspecified atom stereocenters. The smallest absolute Gasteiger partial charge is 0.311 e. The Balaban J connectivity index is 1.64. The normalized spacial score (nSPS) is 24.2. The Hall–Kier alpha value is -0.390. The Morgan fingerprint density at radius 2 is 1.90 bits per heavy atom. The lowest BCUT2D eigenvalue weighted by Gasteiger charge is -2.22. The first-order valence-corrected chi connectivity index (χ1v) is 8.74. The van der Waals surface area contributed by atoms with Gasteiger partial charge in [-0.2, -0.15) is 11.4 Å². The minimum absolute atomic E-state index is 0.0225. The van der Waals surface area contributed by atoms with E-state index >= 15 is 0 Å². The molecule has 2 rings (SSSR count). The highest BCUT2D eigenvalue weighted by molar-refractivity contribution is 7.97. The second-order valence-electron chi connectivity index (χ2n) is 5.57. The molecule has 2 fully saturated rings. The first kappa shape index (κ1) is 16.0. The van der Waals surface area contributed by atoms with Gasteiger partial charge in [-0.1, -0.05) is 19.3 Å². The van der Waals surface area contributed by atoms with Crippen molar-refractivity contribution in [3.05, 3.63) is 0 Å². The van der Waals surface area contributed by atoms with Crippen molar-refractivity contribution in [3.63, 3.8) is 0 Å². The van der Waals surface area contributed by atoms with Gasteiger partial charge in [-0.3, -0.25) is 4.79 Å². The number of carbonyl (C=O) groups excluding carboxylic acids is 1. The zero-order valence-corrected chi connectivity index (χ0v) is 13.1. The van der Waals surface area contributed by atoms with Crippen LogP contribution in [0.3, 0.4) is 0 Å². The van der Waals surface area contributed by atoms with Crippen LogP contribution < -0.4 is 0 Å². The van der Waals surface area contributed by atoms with Crippen LogP contribution in [0.15, 0.2) is 0 Å². The average molecular weight is 302 g/mol. The largest absolute Gasteiger partial charge is 0.435 e. The lowest BCUT2D eigenvalue weighted by molar-refractivity contribution is -0.169. The van der Waals surface area contributed by atoms with E-state index < -0.39 is 6.29 Å². The van der Waals surface area contributed by atoms with Crippen molar-refractivity contribution >= 4 is 22.9 Å². The molecule has 1 heterocycles. The molecule has 0 N–H and O–H groups in total. The van der Waals surface area contributed by atoms with Crippen LogP contribution in [0, 0.1) is 5.92 Å². The van der Waals surface area contributed by atoms with Crippen LogP contribution in [-0.4, -0.2) is 36.3 Å². The third-order valence-corrected chi connectivity index (χ3v) is 5.12. The minimum atomic E-state index is -0.485. The van der Waals surface area contributed by atoms with Crippen LogP contribution in [0.25, 0.3) is 0 Å². The van der Waals surface area contributed by atoms with Gasteiger partial charge in [0.05, 0.1) is 11.5 Å². The average Bonchev–Trinajstić information content (AvgIpc) is 2.49. The molecule has 20 heavy (non-hydrogen) atoms.